The molecular formula is C12H10F3N3OS. The minimum atomic E-state index is -4.55. The maximum atomic E-state index is 12.5. The van der Waals surface area contributed by atoms with Crippen LogP contribution in [0, 0.1) is 6.92 Å². The molecule has 1 aromatic heterocycles. The summed E-state index contributed by atoms with van der Waals surface area (Å²) in [6.45, 7) is 1.71. The second-order valence-corrected chi connectivity index (χ2v) is 4.84. The van der Waals surface area contributed by atoms with E-state index in [1.807, 2.05) is 0 Å². The van der Waals surface area contributed by atoms with Crippen LogP contribution in [0.4, 0.5) is 18.3 Å². The molecule has 0 saturated heterocycles. The fourth-order valence-corrected chi connectivity index (χ4v) is 2.29. The van der Waals surface area contributed by atoms with E-state index >= 15 is 0 Å². The van der Waals surface area contributed by atoms with Crippen LogP contribution in [0.3, 0.4) is 0 Å². The summed E-state index contributed by atoms with van der Waals surface area (Å²) in [5, 5.41) is 1.24. The molecule has 1 amide bonds. The average molecular weight is 301 g/mol. The van der Waals surface area contributed by atoms with E-state index in [1.54, 1.807) is 31.2 Å². The number of thiazole rings is 1. The van der Waals surface area contributed by atoms with Crippen molar-refractivity contribution in [2.75, 3.05) is 5.01 Å². The van der Waals surface area contributed by atoms with Crippen LogP contribution in [0.2, 0.25) is 0 Å². The lowest BCUT2D eigenvalue weighted by molar-refractivity contribution is -0.140. The number of alkyl halides is 3. The monoisotopic (exact) mass is 301 g/mol. The molecule has 0 unspecified atom stereocenters. The molecule has 0 aliphatic carbocycles. The lowest BCUT2D eigenvalue weighted by Gasteiger charge is -2.14. The fraction of sp³-hybridized carbons (Fsp3) is 0.167. The molecule has 4 nitrogen and oxygen atoms in total. The van der Waals surface area contributed by atoms with Crippen molar-refractivity contribution in [1.29, 1.82) is 0 Å². The van der Waals surface area contributed by atoms with E-state index < -0.39 is 17.8 Å². The number of aromatic nitrogens is 1. The second kappa shape index (κ2) is 5.22. The van der Waals surface area contributed by atoms with Gasteiger partial charge in [-0.1, -0.05) is 18.2 Å². The third-order valence-corrected chi connectivity index (χ3v) is 3.42. The van der Waals surface area contributed by atoms with Crippen LogP contribution in [0.1, 0.15) is 21.6 Å². The molecular weight excluding hydrogens is 291 g/mol. The number of aryl methyl sites for hydroxylation is 1. The molecule has 2 aromatic rings. The number of carbonyl (C=O) groups excluding carboxylic acids is 1. The molecule has 20 heavy (non-hydrogen) atoms. The van der Waals surface area contributed by atoms with Gasteiger partial charge in [0.25, 0.3) is 5.91 Å². The predicted molar refractivity (Wildman–Crippen MR) is 69.3 cm³/mol. The molecule has 2 rings (SSSR count). The van der Waals surface area contributed by atoms with Gasteiger partial charge in [0.2, 0.25) is 5.13 Å². The first-order valence-corrected chi connectivity index (χ1v) is 6.36. The maximum absolute atomic E-state index is 12.5. The highest BCUT2D eigenvalue weighted by molar-refractivity contribution is 7.14. The van der Waals surface area contributed by atoms with Gasteiger partial charge in [0.1, 0.15) is 0 Å². The van der Waals surface area contributed by atoms with Gasteiger partial charge in [-0.05, 0) is 18.6 Å². The Labute approximate surface area is 116 Å². The topological polar surface area (TPSA) is 59.2 Å². The Bertz CT molecular complexity index is 639. The highest BCUT2D eigenvalue weighted by atomic mass is 32.1. The normalized spacial score (nSPS) is 11.4. The van der Waals surface area contributed by atoms with Gasteiger partial charge in [-0.3, -0.25) is 4.79 Å². The zero-order valence-electron chi connectivity index (χ0n) is 10.3. The van der Waals surface area contributed by atoms with Gasteiger partial charge in [-0.15, -0.1) is 11.3 Å². The quantitative estimate of drug-likeness (QED) is 0.527. The summed E-state index contributed by atoms with van der Waals surface area (Å²) in [6, 6.07) is 6.66. The second-order valence-electron chi connectivity index (χ2n) is 4.00. The van der Waals surface area contributed by atoms with Crippen molar-refractivity contribution in [3.8, 4) is 0 Å². The van der Waals surface area contributed by atoms with Crippen molar-refractivity contribution >= 4 is 22.4 Å². The third kappa shape index (κ3) is 2.81. The number of rotatable bonds is 2. The Balaban J connectivity index is 2.28. The molecule has 106 valence electrons. The summed E-state index contributed by atoms with van der Waals surface area (Å²) >= 11 is 0.662. The maximum Gasteiger partial charge on any atom is 0.434 e. The van der Waals surface area contributed by atoms with Crippen molar-refractivity contribution in [3.63, 3.8) is 0 Å². The number of anilines is 1. The molecule has 0 aliphatic rings. The van der Waals surface area contributed by atoms with E-state index in [4.69, 9.17) is 5.84 Å². The van der Waals surface area contributed by atoms with Crippen LogP contribution in [0.25, 0.3) is 0 Å². The molecule has 0 radical (unpaired) electrons. The van der Waals surface area contributed by atoms with E-state index in [2.05, 4.69) is 4.98 Å². The number of hydrogen-bond acceptors (Lipinski definition) is 4. The van der Waals surface area contributed by atoms with Crippen LogP contribution in [-0.2, 0) is 6.18 Å². The molecule has 0 atom stereocenters. The van der Waals surface area contributed by atoms with Crippen molar-refractivity contribution in [2.24, 2.45) is 5.84 Å². The standard InChI is InChI=1S/C12H10F3N3OS/c1-7-4-2-3-5-8(7)10(19)18(16)11-17-9(6-20-11)12(13,14)15/h2-6H,16H2,1H3. The molecule has 8 heteroatoms. The zero-order chi connectivity index (χ0) is 14.9. The van der Waals surface area contributed by atoms with Crippen LogP contribution in [0.5, 0.6) is 0 Å². The smallest absolute Gasteiger partial charge is 0.267 e. The summed E-state index contributed by atoms with van der Waals surface area (Å²) in [5.41, 5.74) is -0.0650. The highest BCUT2D eigenvalue weighted by Gasteiger charge is 2.34. The Kier molecular flexibility index (Phi) is 3.78. The van der Waals surface area contributed by atoms with Gasteiger partial charge in [0.15, 0.2) is 5.69 Å². The summed E-state index contributed by atoms with van der Waals surface area (Å²) in [5.74, 6) is 4.96. The summed E-state index contributed by atoms with van der Waals surface area (Å²) in [6.07, 6.45) is -4.55. The van der Waals surface area contributed by atoms with E-state index in [0.29, 0.717) is 27.5 Å². The van der Waals surface area contributed by atoms with Crippen LogP contribution >= 0.6 is 11.3 Å². The highest BCUT2D eigenvalue weighted by Crippen LogP contribution is 2.32. The minimum absolute atomic E-state index is 0.203. The van der Waals surface area contributed by atoms with Crippen molar-refractivity contribution < 1.29 is 18.0 Å². The number of nitrogens with two attached hydrogens (primary N) is 1. The molecule has 0 aliphatic heterocycles. The van der Waals surface area contributed by atoms with Crippen molar-refractivity contribution in [3.05, 3.63) is 46.5 Å². The zero-order valence-corrected chi connectivity index (χ0v) is 11.1. The van der Waals surface area contributed by atoms with Gasteiger partial charge in [0.05, 0.1) is 0 Å². The van der Waals surface area contributed by atoms with E-state index in [1.165, 1.54) is 0 Å². The predicted octanol–water partition coefficient (Wildman–Crippen LogP) is 2.99. The Morgan fingerprint density at radius 2 is 2.00 bits per heavy atom. The van der Waals surface area contributed by atoms with Crippen molar-refractivity contribution in [1.82, 2.24) is 4.98 Å². The van der Waals surface area contributed by atoms with Crippen LogP contribution in [-0.4, -0.2) is 10.9 Å². The molecule has 1 aromatic carbocycles. The molecule has 0 spiro atoms. The van der Waals surface area contributed by atoms with E-state index in [-0.39, 0.29) is 5.13 Å². The van der Waals surface area contributed by atoms with Gasteiger partial charge in [0, 0.05) is 10.9 Å². The number of carbonyl (C=O) groups is 1. The number of benzene rings is 1. The Morgan fingerprint density at radius 1 is 1.35 bits per heavy atom. The molecule has 0 fully saturated rings. The average Bonchev–Trinajstić information content (AvgIpc) is 2.87. The minimum Gasteiger partial charge on any atom is -0.267 e. The molecule has 2 N–H and O–H groups in total. The number of hydrazine groups is 1. The number of amides is 1. The Hall–Kier alpha value is -1.93. The lowest BCUT2D eigenvalue weighted by Crippen LogP contribution is -2.37. The van der Waals surface area contributed by atoms with E-state index in [0.717, 1.165) is 5.38 Å². The molecule has 1 heterocycles. The van der Waals surface area contributed by atoms with E-state index in [9.17, 15) is 18.0 Å². The first-order valence-electron chi connectivity index (χ1n) is 5.48. The van der Waals surface area contributed by atoms with Gasteiger partial charge in [-0.25, -0.2) is 15.8 Å². The van der Waals surface area contributed by atoms with Gasteiger partial charge in [-0.2, -0.15) is 13.2 Å². The summed E-state index contributed by atoms with van der Waals surface area (Å²) in [7, 11) is 0. The lowest BCUT2D eigenvalue weighted by atomic mass is 10.1. The van der Waals surface area contributed by atoms with Crippen LogP contribution < -0.4 is 10.9 Å². The van der Waals surface area contributed by atoms with Gasteiger partial charge >= 0.3 is 6.18 Å². The first kappa shape index (κ1) is 14.5. The number of halogens is 3. The SMILES string of the molecule is Cc1ccccc1C(=O)N(N)c1nc(C(F)(F)F)cs1. The third-order valence-electron chi connectivity index (χ3n) is 2.58. The van der Waals surface area contributed by atoms with Crippen molar-refractivity contribution in [2.45, 2.75) is 13.1 Å². The number of hydrogen-bond donors (Lipinski definition) is 1. The fourth-order valence-electron chi connectivity index (χ4n) is 1.53. The Morgan fingerprint density at radius 3 is 2.55 bits per heavy atom. The summed E-state index contributed by atoms with van der Waals surface area (Å²) in [4.78, 5) is 15.4. The van der Waals surface area contributed by atoms with Gasteiger partial charge < -0.3 is 0 Å². The number of nitrogens with zero attached hydrogens (tertiary/aromatic N) is 2. The molecule has 0 saturated carbocycles. The van der Waals surface area contributed by atoms with Crippen LogP contribution in [0.15, 0.2) is 29.6 Å². The molecule has 0 bridgehead atoms. The first-order chi connectivity index (χ1) is 9.30. The summed E-state index contributed by atoms with van der Waals surface area (Å²) < 4.78 is 37.4. The largest absolute Gasteiger partial charge is 0.434 e.